The van der Waals surface area contributed by atoms with Gasteiger partial charge in [0.1, 0.15) is 0 Å². The van der Waals surface area contributed by atoms with Crippen LogP contribution in [-0.2, 0) is 4.79 Å². The van der Waals surface area contributed by atoms with Crippen LogP contribution in [0, 0.1) is 5.92 Å². The molecule has 0 rings (SSSR count). The molecule has 0 heterocycles. The van der Waals surface area contributed by atoms with Crippen LogP contribution in [0.1, 0.15) is 26.7 Å². The number of rotatable bonds is 4. The van der Waals surface area contributed by atoms with Gasteiger partial charge < -0.3 is 5.11 Å². The third kappa shape index (κ3) is 23.1. The standard InChI is InChI=1S/C6H12.C4H6O2/c1-4-5-6(2)3;1-2-3-4(5)6/h4,6H,1,5H2,2-3H3;2H,1,3H2,(H,5,6). The Morgan fingerprint density at radius 1 is 1.42 bits per heavy atom. The molecule has 0 unspecified atom stereocenters. The number of hydrogen-bond donors (Lipinski definition) is 1. The fourth-order valence-electron chi connectivity index (χ4n) is 0.457. The first-order chi connectivity index (χ1) is 5.54. The van der Waals surface area contributed by atoms with Crippen LogP contribution < -0.4 is 0 Å². The quantitative estimate of drug-likeness (QED) is 0.659. The Morgan fingerprint density at radius 3 is 1.92 bits per heavy atom. The summed E-state index contributed by atoms with van der Waals surface area (Å²) in [5.41, 5.74) is 0. The zero-order chi connectivity index (χ0) is 9.98. The Kier molecular flexibility index (Phi) is 11.2. The molecule has 0 radical (unpaired) electrons. The first-order valence-electron chi connectivity index (χ1n) is 3.98. The normalized spacial score (nSPS) is 8.25. The second-order valence-electron chi connectivity index (χ2n) is 2.80. The molecule has 2 nitrogen and oxygen atoms in total. The molecule has 70 valence electrons. The number of carbonyl (C=O) groups is 1. The minimum atomic E-state index is -0.829. The molecular formula is C10H18O2. The summed E-state index contributed by atoms with van der Waals surface area (Å²) in [6.07, 6.45) is 4.49. The van der Waals surface area contributed by atoms with Gasteiger partial charge in [-0.15, -0.1) is 13.2 Å². The first kappa shape index (κ1) is 13.5. The average molecular weight is 170 g/mol. The predicted molar refractivity (Wildman–Crippen MR) is 52.1 cm³/mol. The van der Waals surface area contributed by atoms with Gasteiger partial charge in [0.25, 0.3) is 0 Å². The van der Waals surface area contributed by atoms with Gasteiger partial charge in [0, 0.05) is 0 Å². The van der Waals surface area contributed by atoms with Gasteiger partial charge in [0.05, 0.1) is 6.42 Å². The maximum absolute atomic E-state index is 9.53. The molecule has 0 bridgehead atoms. The molecule has 12 heavy (non-hydrogen) atoms. The van der Waals surface area contributed by atoms with Crippen molar-refractivity contribution in [3.05, 3.63) is 25.3 Å². The molecule has 0 aliphatic heterocycles. The summed E-state index contributed by atoms with van der Waals surface area (Å²) >= 11 is 0. The summed E-state index contributed by atoms with van der Waals surface area (Å²) < 4.78 is 0. The first-order valence-corrected chi connectivity index (χ1v) is 3.98. The van der Waals surface area contributed by atoms with Crippen molar-refractivity contribution >= 4 is 5.97 Å². The van der Waals surface area contributed by atoms with E-state index in [1.807, 2.05) is 6.08 Å². The van der Waals surface area contributed by atoms with E-state index in [1.54, 1.807) is 0 Å². The molecule has 0 aliphatic carbocycles. The van der Waals surface area contributed by atoms with Crippen molar-refractivity contribution in [2.24, 2.45) is 5.92 Å². The average Bonchev–Trinajstić information content (AvgIpc) is 1.87. The summed E-state index contributed by atoms with van der Waals surface area (Å²) in [5, 5.41) is 7.84. The smallest absolute Gasteiger partial charge is 0.307 e. The van der Waals surface area contributed by atoms with Crippen molar-refractivity contribution in [3.63, 3.8) is 0 Å². The molecule has 2 heteroatoms. The van der Waals surface area contributed by atoms with Crippen LogP contribution in [0.15, 0.2) is 25.3 Å². The third-order valence-corrected chi connectivity index (χ3v) is 0.957. The number of carboxylic acids is 1. The van der Waals surface area contributed by atoms with Crippen LogP contribution in [0.3, 0.4) is 0 Å². The molecule has 0 aromatic rings. The van der Waals surface area contributed by atoms with E-state index in [-0.39, 0.29) is 6.42 Å². The van der Waals surface area contributed by atoms with Gasteiger partial charge in [0.2, 0.25) is 0 Å². The van der Waals surface area contributed by atoms with Gasteiger partial charge in [-0.1, -0.05) is 26.0 Å². The molecule has 0 saturated heterocycles. The van der Waals surface area contributed by atoms with E-state index in [2.05, 4.69) is 27.0 Å². The van der Waals surface area contributed by atoms with Crippen molar-refractivity contribution in [2.75, 3.05) is 0 Å². The highest BCUT2D eigenvalue weighted by Gasteiger charge is 1.84. The van der Waals surface area contributed by atoms with Crippen LogP contribution in [-0.4, -0.2) is 11.1 Å². The van der Waals surface area contributed by atoms with Crippen LogP contribution in [0.25, 0.3) is 0 Å². The van der Waals surface area contributed by atoms with E-state index in [0.29, 0.717) is 0 Å². The molecule has 0 saturated carbocycles. The van der Waals surface area contributed by atoms with Gasteiger partial charge in [-0.3, -0.25) is 4.79 Å². The fraction of sp³-hybridized carbons (Fsp3) is 0.500. The van der Waals surface area contributed by atoms with Gasteiger partial charge >= 0.3 is 5.97 Å². The van der Waals surface area contributed by atoms with Crippen molar-refractivity contribution in [2.45, 2.75) is 26.7 Å². The Hall–Kier alpha value is -1.05. The monoisotopic (exact) mass is 170 g/mol. The van der Waals surface area contributed by atoms with Crippen molar-refractivity contribution < 1.29 is 9.90 Å². The Labute approximate surface area is 74.6 Å². The molecule has 0 amide bonds. The van der Waals surface area contributed by atoms with E-state index < -0.39 is 5.97 Å². The molecule has 1 N–H and O–H groups in total. The lowest BCUT2D eigenvalue weighted by molar-refractivity contribution is -0.135. The van der Waals surface area contributed by atoms with Gasteiger partial charge in [-0.2, -0.15) is 0 Å². The summed E-state index contributed by atoms with van der Waals surface area (Å²) in [6, 6.07) is 0. The Balaban J connectivity index is 0. The lowest BCUT2D eigenvalue weighted by Gasteiger charge is -1.92. The van der Waals surface area contributed by atoms with Crippen LogP contribution in [0.5, 0.6) is 0 Å². The SMILES string of the molecule is C=CCC(=O)O.C=CCC(C)C. The van der Waals surface area contributed by atoms with Crippen LogP contribution in [0.2, 0.25) is 0 Å². The summed E-state index contributed by atoms with van der Waals surface area (Å²) in [6.45, 7) is 11.2. The van der Waals surface area contributed by atoms with Crippen LogP contribution in [0.4, 0.5) is 0 Å². The highest BCUT2D eigenvalue weighted by atomic mass is 16.4. The lowest BCUT2D eigenvalue weighted by Crippen LogP contribution is -1.88. The maximum atomic E-state index is 9.53. The minimum Gasteiger partial charge on any atom is -0.481 e. The molecule has 0 atom stereocenters. The molecule has 0 aromatic heterocycles. The van der Waals surface area contributed by atoms with E-state index in [9.17, 15) is 4.79 Å². The number of carboxylic acid groups (broad SMARTS) is 1. The molecular weight excluding hydrogens is 152 g/mol. The summed E-state index contributed by atoms with van der Waals surface area (Å²) in [7, 11) is 0. The van der Waals surface area contributed by atoms with E-state index in [4.69, 9.17) is 5.11 Å². The second kappa shape index (κ2) is 9.95. The predicted octanol–water partition coefficient (Wildman–Crippen LogP) is 2.87. The molecule has 0 spiro atoms. The molecule has 0 aromatic carbocycles. The zero-order valence-electron chi connectivity index (χ0n) is 7.92. The van der Waals surface area contributed by atoms with Gasteiger partial charge in [-0.05, 0) is 12.3 Å². The lowest BCUT2D eigenvalue weighted by atomic mass is 10.1. The third-order valence-electron chi connectivity index (χ3n) is 0.957. The second-order valence-corrected chi connectivity index (χ2v) is 2.80. The van der Waals surface area contributed by atoms with Crippen LogP contribution >= 0.6 is 0 Å². The Morgan fingerprint density at radius 2 is 1.92 bits per heavy atom. The highest BCUT2D eigenvalue weighted by molar-refractivity contribution is 5.68. The minimum absolute atomic E-state index is 0.0556. The topological polar surface area (TPSA) is 37.3 Å². The summed E-state index contributed by atoms with van der Waals surface area (Å²) in [4.78, 5) is 9.53. The molecule has 0 fully saturated rings. The van der Waals surface area contributed by atoms with E-state index >= 15 is 0 Å². The number of aliphatic carboxylic acids is 1. The van der Waals surface area contributed by atoms with Crippen molar-refractivity contribution in [1.82, 2.24) is 0 Å². The van der Waals surface area contributed by atoms with Gasteiger partial charge in [0.15, 0.2) is 0 Å². The van der Waals surface area contributed by atoms with E-state index in [0.717, 1.165) is 12.3 Å². The highest BCUT2D eigenvalue weighted by Crippen LogP contribution is 1.96. The van der Waals surface area contributed by atoms with E-state index in [1.165, 1.54) is 6.08 Å². The largest absolute Gasteiger partial charge is 0.481 e. The number of hydrogen-bond acceptors (Lipinski definition) is 1. The summed E-state index contributed by atoms with van der Waals surface area (Å²) in [5.74, 6) is -0.0486. The maximum Gasteiger partial charge on any atom is 0.307 e. The fourth-order valence-corrected chi connectivity index (χ4v) is 0.457. The Bertz CT molecular complexity index is 137. The van der Waals surface area contributed by atoms with Crippen molar-refractivity contribution in [1.29, 1.82) is 0 Å². The molecule has 0 aliphatic rings. The zero-order valence-corrected chi connectivity index (χ0v) is 7.92. The van der Waals surface area contributed by atoms with Gasteiger partial charge in [-0.25, -0.2) is 0 Å². The van der Waals surface area contributed by atoms with Crippen molar-refractivity contribution in [3.8, 4) is 0 Å². The number of allylic oxidation sites excluding steroid dienone is 1.